The second-order valence-electron chi connectivity index (χ2n) is 16.9. The van der Waals surface area contributed by atoms with Gasteiger partial charge in [0.05, 0.1) is 23.0 Å². The highest BCUT2D eigenvalue weighted by atomic mass is 31.0. The molecule has 2 fully saturated rings. The molecule has 1 unspecified atom stereocenters. The molecule has 77 heavy (non-hydrogen) atoms. The van der Waals surface area contributed by atoms with Gasteiger partial charge in [-0.1, -0.05) is 92.4 Å². The number of nitrogens with zero attached hydrogens (tertiary/aromatic N) is 3. The van der Waals surface area contributed by atoms with Crippen LogP contribution in [-0.4, -0.2) is 100 Å². The first-order valence-corrected chi connectivity index (χ1v) is 24.6. The van der Waals surface area contributed by atoms with Crippen LogP contribution in [0.5, 0.6) is 0 Å². The van der Waals surface area contributed by atoms with Gasteiger partial charge in [0.15, 0.2) is 17.9 Å². The lowest BCUT2D eigenvalue weighted by Gasteiger charge is -2.30. The van der Waals surface area contributed by atoms with E-state index in [0.717, 1.165) is 99.0 Å². The molecular formula is C54H61BF6N6O9P. The number of Topliss-reactive ketones (excluding diaryl/α,β-unsaturated/α-hetero) is 2. The van der Waals surface area contributed by atoms with Gasteiger partial charge in [-0.3, -0.25) is 24.1 Å². The zero-order valence-corrected chi connectivity index (χ0v) is 42.9. The first kappa shape index (κ1) is 64.0. The van der Waals surface area contributed by atoms with Crippen molar-refractivity contribution in [3.63, 3.8) is 0 Å². The lowest BCUT2D eigenvalue weighted by molar-refractivity contribution is -0.255. The SMILES string of the molecule is C.CC(=O)OOC(C)=O.CC(=O)O[B]CP.O=C(c1cccc(C(F)(F)F)c1)C1CCN(Cc2cnc(-c3ccccc3)[nH]2)CC1.O=C(c1cccc(C(F)(F)F)c1)C1CCNCC1.O=Cc1cnc(-c2ccccc2)[nH]1. The number of likely N-dealkylation sites (tertiary alicyclic amines) is 1. The van der Waals surface area contributed by atoms with Gasteiger partial charge in [0.2, 0.25) is 0 Å². The third kappa shape index (κ3) is 22.8. The van der Waals surface area contributed by atoms with E-state index in [2.05, 4.69) is 53.8 Å². The topological polar surface area (TPSA) is 203 Å². The molecule has 15 nitrogen and oxygen atoms in total. The molecule has 4 aromatic carbocycles. The van der Waals surface area contributed by atoms with E-state index in [1.807, 2.05) is 66.9 Å². The number of rotatable bonds is 11. The van der Waals surface area contributed by atoms with E-state index in [1.165, 1.54) is 44.9 Å². The lowest BCUT2D eigenvalue weighted by Crippen LogP contribution is -2.36. The third-order valence-electron chi connectivity index (χ3n) is 11.1. The predicted octanol–water partition coefficient (Wildman–Crippen LogP) is 10.6. The van der Waals surface area contributed by atoms with Gasteiger partial charge in [-0.15, -0.1) is 9.24 Å². The molecule has 0 spiro atoms. The van der Waals surface area contributed by atoms with Crippen LogP contribution in [0.25, 0.3) is 22.8 Å². The van der Waals surface area contributed by atoms with Crippen LogP contribution in [0.15, 0.2) is 122 Å². The highest BCUT2D eigenvalue weighted by molar-refractivity contribution is 7.19. The second kappa shape index (κ2) is 32.3. The molecule has 2 aliphatic rings. The summed E-state index contributed by atoms with van der Waals surface area (Å²) in [6, 6.07) is 29.6. The van der Waals surface area contributed by atoms with Crippen molar-refractivity contribution in [2.24, 2.45) is 11.8 Å². The normalized spacial score (nSPS) is 13.5. The number of alkyl halides is 6. The molecule has 2 aromatic heterocycles. The summed E-state index contributed by atoms with van der Waals surface area (Å²) in [5, 5.41) is 3.12. The smallest absolute Gasteiger partial charge is 0.416 e. The number of H-pyrrole nitrogens is 2. The van der Waals surface area contributed by atoms with Crippen LogP contribution in [-0.2, 0) is 47.7 Å². The summed E-state index contributed by atoms with van der Waals surface area (Å²) in [6.45, 7) is 7.28. The molecule has 411 valence electrons. The van der Waals surface area contributed by atoms with Crippen LogP contribution in [0.1, 0.15) is 102 Å². The Morgan fingerprint density at radius 2 is 1.10 bits per heavy atom. The van der Waals surface area contributed by atoms with Crippen molar-refractivity contribution < 1.29 is 69.5 Å². The van der Waals surface area contributed by atoms with Crippen molar-refractivity contribution >= 4 is 52.5 Å². The molecule has 3 N–H and O–H groups in total. The number of benzene rings is 4. The van der Waals surface area contributed by atoms with Crippen LogP contribution in [0, 0.1) is 11.8 Å². The molecule has 1 atom stereocenters. The summed E-state index contributed by atoms with van der Waals surface area (Å²) < 4.78 is 80.8. The Balaban J connectivity index is 0.000000282. The molecule has 23 heteroatoms. The maximum absolute atomic E-state index is 12.9. The van der Waals surface area contributed by atoms with Crippen molar-refractivity contribution in [2.45, 2.75) is 72.8 Å². The van der Waals surface area contributed by atoms with Crippen molar-refractivity contribution in [3.8, 4) is 22.8 Å². The van der Waals surface area contributed by atoms with Gasteiger partial charge >= 0.3 is 31.8 Å². The number of hydrogen-bond donors (Lipinski definition) is 3. The average Bonchev–Trinajstić information content (AvgIpc) is 4.11. The third-order valence-corrected chi connectivity index (χ3v) is 11.3. The van der Waals surface area contributed by atoms with E-state index in [1.54, 1.807) is 0 Å². The molecule has 0 aliphatic carbocycles. The number of carbonyl (C=O) groups is 6. The van der Waals surface area contributed by atoms with Crippen LogP contribution >= 0.6 is 9.24 Å². The number of aldehydes is 1. The zero-order chi connectivity index (χ0) is 55.7. The summed E-state index contributed by atoms with van der Waals surface area (Å²) in [5.74, 6) is -0.775. The Kier molecular flexibility index (Phi) is 26.9. The second-order valence-corrected chi connectivity index (χ2v) is 17.4. The first-order chi connectivity index (χ1) is 36.2. The van der Waals surface area contributed by atoms with E-state index in [9.17, 15) is 55.1 Å². The molecule has 4 heterocycles. The van der Waals surface area contributed by atoms with E-state index < -0.39 is 35.4 Å². The quantitative estimate of drug-likeness (QED) is 0.0211. The average molecular weight is 1090 g/mol. The van der Waals surface area contributed by atoms with Gasteiger partial charge in [0.25, 0.3) is 5.97 Å². The molecule has 8 rings (SSSR count). The van der Waals surface area contributed by atoms with Gasteiger partial charge in [-0.05, 0) is 82.2 Å². The van der Waals surface area contributed by atoms with Crippen molar-refractivity contribution in [1.82, 2.24) is 30.2 Å². The number of ketones is 2. The molecule has 0 amide bonds. The highest BCUT2D eigenvalue weighted by Crippen LogP contribution is 2.32. The zero-order valence-electron chi connectivity index (χ0n) is 41.8. The summed E-state index contributed by atoms with van der Waals surface area (Å²) in [6.07, 6.45) is -2.10. The van der Waals surface area contributed by atoms with E-state index >= 15 is 0 Å². The Morgan fingerprint density at radius 3 is 1.51 bits per heavy atom. The fraction of sp³-hybridized carbons (Fsp3) is 0.333. The molecule has 2 aliphatic heterocycles. The minimum absolute atomic E-state index is 0. The Hall–Kier alpha value is -7.29. The Labute approximate surface area is 445 Å². The van der Waals surface area contributed by atoms with Crippen molar-refractivity contribution in [3.05, 3.63) is 155 Å². The summed E-state index contributed by atoms with van der Waals surface area (Å²) in [7, 11) is 3.85. The Bertz CT molecular complexity index is 2770. The maximum atomic E-state index is 12.9. The largest absolute Gasteiger partial charge is 0.539 e. The van der Waals surface area contributed by atoms with Gasteiger partial charge in [0, 0.05) is 73.3 Å². The molecular weight excluding hydrogens is 1030 g/mol. The van der Waals surface area contributed by atoms with Crippen LogP contribution in [0.3, 0.4) is 0 Å². The van der Waals surface area contributed by atoms with E-state index in [0.29, 0.717) is 44.0 Å². The minimum atomic E-state index is -4.44. The van der Waals surface area contributed by atoms with Crippen LogP contribution in [0.2, 0.25) is 0 Å². The van der Waals surface area contributed by atoms with E-state index in [4.69, 9.17) is 0 Å². The van der Waals surface area contributed by atoms with Crippen molar-refractivity contribution in [2.75, 3.05) is 32.2 Å². The summed E-state index contributed by atoms with van der Waals surface area (Å²) >= 11 is 0. The van der Waals surface area contributed by atoms with Crippen LogP contribution in [0.4, 0.5) is 26.3 Å². The van der Waals surface area contributed by atoms with Gasteiger partial charge in [0.1, 0.15) is 11.6 Å². The molecule has 2 saturated heterocycles. The van der Waals surface area contributed by atoms with Crippen molar-refractivity contribution in [1.29, 1.82) is 0 Å². The number of piperidine rings is 2. The standard InChI is InChI=1S/C23H22F3N3O.C13H14F3NO.C10H8N2O.C4H6O4.C3H7BO2P.CH4/c24-23(25,26)19-8-4-7-18(13-19)21(30)16-9-11-29(12-10-16)15-20-14-27-22(28-20)17-5-2-1-3-6-17;14-13(15,16)11-3-1-2-10(8-11)12(18)9-4-6-17-7-5-9;13-7-9-6-11-10(12-9)8-4-2-1-3-5-8;1-3(5)7-8-4(2)6;1-3(5)6-4-2-7;/h1-8,13-14,16H,9-12,15H2,(H,27,28);1-3,8-9,17H,4-7H2;1-7H,(H,11,12);1-2H3;2,7H2,1H3;1H4. The first-order valence-electron chi connectivity index (χ1n) is 23.7. The number of aromatic nitrogens is 4. The number of carbonyl (C=O) groups excluding carboxylic acids is 6. The molecule has 6 aromatic rings. The highest BCUT2D eigenvalue weighted by Gasteiger charge is 2.33. The maximum Gasteiger partial charge on any atom is 0.416 e. The van der Waals surface area contributed by atoms with Gasteiger partial charge < -0.3 is 19.9 Å². The predicted molar refractivity (Wildman–Crippen MR) is 281 cm³/mol. The van der Waals surface area contributed by atoms with Crippen LogP contribution < -0.4 is 5.32 Å². The number of aromatic amines is 2. The fourth-order valence-electron chi connectivity index (χ4n) is 7.45. The monoisotopic (exact) mass is 1090 g/mol. The number of nitrogens with one attached hydrogen (secondary N) is 3. The molecule has 1 radical (unpaired) electrons. The van der Waals surface area contributed by atoms with E-state index in [-0.39, 0.29) is 47.9 Å². The minimum Gasteiger partial charge on any atom is -0.539 e. The summed E-state index contributed by atoms with van der Waals surface area (Å²) in [4.78, 5) is 89.4. The summed E-state index contributed by atoms with van der Waals surface area (Å²) in [5.41, 5.74) is 2.27. The van der Waals surface area contributed by atoms with Gasteiger partial charge in [-0.25, -0.2) is 29.3 Å². The molecule has 0 saturated carbocycles. The number of imidazole rings is 2. The molecule has 0 bridgehead atoms. The fourth-order valence-corrected chi connectivity index (χ4v) is 7.55. The lowest BCUT2D eigenvalue weighted by atomic mass is 9.88. The number of halogens is 6. The number of hydrogen-bond acceptors (Lipinski definition) is 13. The van der Waals surface area contributed by atoms with Gasteiger partial charge in [-0.2, -0.15) is 26.3 Å². The Morgan fingerprint density at radius 1 is 0.649 bits per heavy atom.